The maximum Gasteiger partial charge on any atom is 0.237 e. The highest BCUT2D eigenvalue weighted by atomic mass is 19.1. The van der Waals surface area contributed by atoms with Crippen LogP contribution in [0.3, 0.4) is 0 Å². The molecule has 0 spiro atoms. The van der Waals surface area contributed by atoms with Crippen LogP contribution >= 0.6 is 0 Å². The van der Waals surface area contributed by atoms with Crippen LogP contribution in [-0.2, 0) is 11.3 Å². The number of carbonyl (C=O) groups is 1. The van der Waals surface area contributed by atoms with Crippen molar-refractivity contribution < 1.29 is 23.4 Å². The molecule has 1 atom stereocenters. The molecule has 1 aliphatic rings. The summed E-state index contributed by atoms with van der Waals surface area (Å²) in [5.41, 5.74) is 1.83. The molecule has 0 aromatic heterocycles. The van der Waals surface area contributed by atoms with E-state index in [0.717, 1.165) is 30.5 Å². The minimum Gasteiger partial charge on any atom is -0.494 e. The van der Waals surface area contributed by atoms with Crippen molar-refractivity contribution in [2.75, 3.05) is 41.5 Å². The summed E-state index contributed by atoms with van der Waals surface area (Å²) < 4.78 is 29.6. The Hall–Kier alpha value is -2.80. The van der Waals surface area contributed by atoms with E-state index in [2.05, 4.69) is 0 Å². The van der Waals surface area contributed by atoms with Crippen molar-refractivity contribution >= 4 is 5.91 Å². The van der Waals surface area contributed by atoms with E-state index in [4.69, 9.17) is 14.2 Å². The van der Waals surface area contributed by atoms with Gasteiger partial charge in [0.15, 0.2) is 23.1 Å². The summed E-state index contributed by atoms with van der Waals surface area (Å²) in [5.74, 6) is 1.20. The van der Waals surface area contributed by atoms with Gasteiger partial charge in [-0.1, -0.05) is 12.1 Å². The molecule has 0 bridgehead atoms. The number of nitrogens with zero attached hydrogens (tertiary/aromatic N) is 2. The van der Waals surface area contributed by atoms with Crippen molar-refractivity contribution in [1.29, 1.82) is 0 Å². The van der Waals surface area contributed by atoms with Crippen molar-refractivity contribution in [3.05, 3.63) is 53.3 Å². The number of hydrogen-bond donors (Lipinski definition) is 0. The van der Waals surface area contributed by atoms with Gasteiger partial charge in [-0.15, -0.1) is 0 Å². The van der Waals surface area contributed by atoms with Crippen molar-refractivity contribution in [2.24, 2.45) is 0 Å². The van der Waals surface area contributed by atoms with Crippen LogP contribution in [0, 0.1) is 5.82 Å². The number of amides is 1. The monoisotopic (exact) mass is 416 g/mol. The van der Waals surface area contributed by atoms with Gasteiger partial charge in [0.2, 0.25) is 5.91 Å². The van der Waals surface area contributed by atoms with Crippen LogP contribution in [0.1, 0.15) is 30.0 Å². The summed E-state index contributed by atoms with van der Waals surface area (Å²) in [6.07, 6.45) is 1.87. The lowest BCUT2D eigenvalue weighted by molar-refractivity contribution is -0.133. The number of likely N-dealkylation sites (N-methyl/N-ethyl adjacent to an activating group) is 1. The standard InChI is InChI=1S/C23H29FN2O4/c1-25(14-16-7-9-20(28-2)18(24)12-16)15-23(27)26-11-5-6-19(26)17-8-10-21(29-3)22(13-17)30-4/h7-10,12-13,19H,5-6,11,14-15H2,1-4H3. The number of benzene rings is 2. The van der Waals surface area contributed by atoms with Gasteiger partial charge in [0.25, 0.3) is 0 Å². The van der Waals surface area contributed by atoms with E-state index in [0.29, 0.717) is 18.0 Å². The highest BCUT2D eigenvalue weighted by molar-refractivity contribution is 5.79. The third kappa shape index (κ3) is 4.84. The third-order valence-electron chi connectivity index (χ3n) is 5.44. The van der Waals surface area contributed by atoms with Gasteiger partial charge in [0.1, 0.15) is 0 Å². The predicted octanol–water partition coefficient (Wildman–Crippen LogP) is 3.65. The average molecular weight is 416 g/mol. The molecule has 2 aromatic rings. The molecule has 3 rings (SSSR count). The van der Waals surface area contributed by atoms with Gasteiger partial charge in [-0.3, -0.25) is 9.69 Å². The fourth-order valence-electron chi connectivity index (χ4n) is 3.97. The van der Waals surface area contributed by atoms with Crippen molar-refractivity contribution in [1.82, 2.24) is 9.80 Å². The summed E-state index contributed by atoms with van der Waals surface area (Å²) in [6.45, 7) is 1.46. The predicted molar refractivity (Wildman–Crippen MR) is 113 cm³/mol. The fraction of sp³-hybridized carbons (Fsp3) is 0.435. The van der Waals surface area contributed by atoms with Gasteiger partial charge in [-0.25, -0.2) is 4.39 Å². The molecule has 6 nitrogen and oxygen atoms in total. The molecule has 1 amide bonds. The Kier molecular flexibility index (Phi) is 7.15. The molecule has 162 valence electrons. The maximum atomic E-state index is 13.9. The van der Waals surface area contributed by atoms with E-state index < -0.39 is 5.82 Å². The highest BCUT2D eigenvalue weighted by Crippen LogP contribution is 2.37. The molecule has 0 radical (unpaired) electrons. The number of carbonyl (C=O) groups excluding carboxylic acids is 1. The fourth-order valence-corrected chi connectivity index (χ4v) is 3.97. The minimum absolute atomic E-state index is 0.0177. The Morgan fingerprint density at radius 2 is 1.77 bits per heavy atom. The first-order chi connectivity index (χ1) is 14.5. The summed E-state index contributed by atoms with van der Waals surface area (Å²) >= 11 is 0. The molecule has 2 aromatic carbocycles. The zero-order valence-electron chi connectivity index (χ0n) is 18.0. The third-order valence-corrected chi connectivity index (χ3v) is 5.44. The van der Waals surface area contributed by atoms with E-state index in [1.165, 1.54) is 13.2 Å². The molecule has 0 N–H and O–H groups in total. The highest BCUT2D eigenvalue weighted by Gasteiger charge is 2.30. The first-order valence-electron chi connectivity index (χ1n) is 9.99. The van der Waals surface area contributed by atoms with Crippen LogP contribution in [0.4, 0.5) is 4.39 Å². The maximum absolute atomic E-state index is 13.9. The van der Waals surface area contributed by atoms with Gasteiger partial charge in [0, 0.05) is 13.1 Å². The van der Waals surface area contributed by atoms with Gasteiger partial charge in [-0.05, 0) is 55.3 Å². The Morgan fingerprint density at radius 1 is 1.07 bits per heavy atom. The number of methoxy groups -OCH3 is 3. The second-order valence-corrected chi connectivity index (χ2v) is 7.50. The quantitative estimate of drug-likeness (QED) is 0.658. The lowest BCUT2D eigenvalue weighted by Gasteiger charge is -2.28. The molecular formula is C23H29FN2O4. The summed E-state index contributed by atoms with van der Waals surface area (Å²) in [4.78, 5) is 16.8. The Bertz CT molecular complexity index is 890. The van der Waals surface area contributed by atoms with Crippen LogP contribution in [0.25, 0.3) is 0 Å². The van der Waals surface area contributed by atoms with Gasteiger partial charge >= 0.3 is 0 Å². The normalized spacial score (nSPS) is 16.1. The number of likely N-dealkylation sites (tertiary alicyclic amines) is 1. The average Bonchev–Trinajstić information content (AvgIpc) is 3.23. The van der Waals surface area contributed by atoms with Crippen LogP contribution < -0.4 is 14.2 Å². The van der Waals surface area contributed by atoms with Crippen LogP contribution in [0.5, 0.6) is 17.2 Å². The number of rotatable bonds is 8. The Labute approximate surface area is 177 Å². The molecule has 1 unspecified atom stereocenters. The van der Waals surface area contributed by atoms with E-state index in [1.54, 1.807) is 20.3 Å². The smallest absolute Gasteiger partial charge is 0.237 e. The molecule has 0 saturated carbocycles. The molecule has 0 aliphatic carbocycles. The molecule has 1 aliphatic heterocycles. The second-order valence-electron chi connectivity index (χ2n) is 7.50. The topological polar surface area (TPSA) is 51.2 Å². The molecule has 30 heavy (non-hydrogen) atoms. The van der Waals surface area contributed by atoms with E-state index in [1.807, 2.05) is 41.1 Å². The van der Waals surface area contributed by atoms with Gasteiger partial charge in [0.05, 0.1) is 33.9 Å². The first kappa shape index (κ1) is 21.9. The second kappa shape index (κ2) is 9.80. The zero-order valence-corrected chi connectivity index (χ0v) is 18.0. The van der Waals surface area contributed by atoms with Gasteiger partial charge < -0.3 is 19.1 Å². The van der Waals surface area contributed by atoms with Crippen LogP contribution in [0.15, 0.2) is 36.4 Å². The molecule has 1 saturated heterocycles. The number of halogens is 1. The minimum atomic E-state index is -0.400. The van der Waals surface area contributed by atoms with E-state index >= 15 is 0 Å². The molecule has 1 fully saturated rings. The summed E-state index contributed by atoms with van der Waals surface area (Å²) in [5, 5.41) is 0. The number of ether oxygens (including phenoxy) is 3. The largest absolute Gasteiger partial charge is 0.494 e. The number of hydrogen-bond acceptors (Lipinski definition) is 5. The first-order valence-corrected chi connectivity index (χ1v) is 9.99. The Morgan fingerprint density at radius 3 is 2.43 bits per heavy atom. The van der Waals surface area contributed by atoms with Crippen molar-refractivity contribution in [2.45, 2.75) is 25.4 Å². The zero-order chi connectivity index (χ0) is 21.7. The molecule has 1 heterocycles. The summed E-state index contributed by atoms with van der Waals surface area (Å²) in [6, 6.07) is 10.7. The molecule has 7 heteroatoms. The SMILES string of the molecule is COc1ccc(CN(C)CC(=O)N2CCCC2c2ccc(OC)c(OC)c2)cc1F. The summed E-state index contributed by atoms with van der Waals surface area (Å²) in [7, 11) is 6.51. The van der Waals surface area contributed by atoms with E-state index in [9.17, 15) is 9.18 Å². The van der Waals surface area contributed by atoms with Crippen molar-refractivity contribution in [3.63, 3.8) is 0 Å². The van der Waals surface area contributed by atoms with Crippen LogP contribution in [-0.4, -0.2) is 57.2 Å². The lowest BCUT2D eigenvalue weighted by atomic mass is 10.0. The van der Waals surface area contributed by atoms with Crippen LogP contribution in [0.2, 0.25) is 0 Å². The molecular weight excluding hydrogens is 387 g/mol. The van der Waals surface area contributed by atoms with E-state index in [-0.39, 0.29) is 24.2 Å². The Balaban J connectivity index is 1.66. The van der Waals surface area contributed by atoms with Crippen molar-refractivity contribution in [3.8, 4) is 17.2 Å². The van der Waals surface area contributed by atoms with Gasteiger partial charge in [-0.2, -0.15) is 0 Å². The lowest BCUT2D eigenvalue weighted by Crippen LogP contribution is -2.38.